The van der Waals surface area contributed by atoms with Crippen LogP contribution >= 0.6 is 0 Å². The van der Waals surface area contributed by atoms with Crippen LogP contribution in [0, 0.1) is 5.92 Å². The molecule has 0 N–H and O–H groups in total. The lowest BCUT2D eigenvalue weighted by molar-refractivity contribution is 0.364. The molecule has 1 fully saturated rings. The van der Waals surface area contributed by atoms with Gasteiger partial charge in [-0.2, -0.15) is 0 Å². The van der Waals surface area contributed by atoms with Gasteiger partial charge in [0.1, 0.15) is 0 Å². The fraction of sp³-hybridized carbons (Fsp3) is 0.533. The summed E-state index contributed by atoms with van der Waals surface area (Å²) in [4.78, 5) is 15.4. The van der Waals surface area contributed by atoms with E-state index >= 15 is 0 Å². The van der Waals surface area contributed by atoms with Crippen molar-refractivity contribution in [3.8, 4) is 0 Å². The Morgan fingerprint density at radius 2 is 2.15 bits per heavy atom. The molecule has 5 nitrogen and oxygen atoms in total. The zero-order valence-electron chi connectivity index (χ0n) is 11.9. The molecular weight excluding hydrogens is 250 g/mol. The molecule has 0 aliphatic carbocycles. The molecule has 20 heavy (non-hydrogen) atoms. The molecule has 1 aliphatic heterocycles. The van der Waals surface area contributed by atoms with Crippen molar-refractivity contribution in [1.82, 2.24) is 19.5 Å². The summed E-state index contributed by atoms with van der Waals surface area (Å²) in [6.45, 7) is 5.25. The molecule has 2 aromatic heterocycles. The van der Waals surface area contributed by atoms with E-state index in [9.17, 15) is 0 Å². The van der Waals surface area contributed by atoms with Crippen molar-refractivity contribution in [2.45, 2.75) is 32.7 Å². The van der Waals surface area contributed by atoms with Crippen LogP contribution in [0.5, 0.6) is 0 Å². The highest BCUT2D eigenvalue weighted by Gasteiger charge is 2.21. The van der Waals surface area contributed by atoms with Gasteiger partial charge in [-0.1, -0.05) is 6.92 Å². The van der Waals surface area contributed by atoms with Gasteiger partial charge in [0, 0.05) is 44.4 Å². The highest BCUT2D eigenvalue weighted by molar-refractivity contribution is 5.30. The molecule has 0 aromatic carbocycles. The number of nitrogens with zero attached hydrogens (tertiary/aromatic N) is 5. The molecule has 0 amide bonds. The van der Waals surface area contributed by atoms with Gasteiger partial charge in [0.25, 0.3) is 0 Å². The van der Waals surface area contributed by atoms with Crippen LogP contribution in [0.1, 0.15) is 25.3 Å². The van der Waals surface area contributed by atoms with E-state index in [0.717, 1.165) is 32.0 Å². The van der Waals surface area contributed by atoms with Crippen molar-refractivity contribution < 1.29 is 0 Å². The molecule has 1 aliphatic rings. The van der Waals surface area contributed by atoms with Gasteiger partial charge in [-0.05, 0) is 30.7 Å². The molecule has 0 saturated carbocycles. The normalized spacial score (nSPS) is 19.2. The molecule has 1 atom stereocenters. The van der Waals surface area contributed by atoms with E-state index in [-0.39, 0.29) is 0 Å². The Morgan fingerprint density at radius 3 is 2.85 bits per heavy atom. The summed E-state index contributed by atoms with van der Waals surface area (Å²) >= 11 is 0. The van der Waals surface area contributed by atoms with E-state index < -0.39 is 0 Å². The van der Waals surface area contributed by atoms with E-state index in [1.165, 1.54) is 18.4 Å². The Kier molecular flexibility index (Phi) is 3.95. The van der Waals surface area contributed by atoms with Crippen molar-refractivity contribution in [3.63, 3.8) is 0 Å². The Hall–Kier alpha value is -1.91. The van der Waals surface area contributed by atoms with Crippen LogP contribution in [0.2, 0.25) is 0 Å². The lowest BCUT2D eigenvalue weighted by Gasteiger charge is -2.32. The third-order valence-electron chi connectivity index (χ3n) is 3.93. The van der Waals surface area contributed by atoms with Gasteiger partial charge in [0.15, 0.2) is 0 Å². The van der Waals surface area contributed by atoms with Gasteiger partial charge >= 0.3 is 0 Å². The fourth-order valence-electron chi connectivity index (χ4n) is 2.78. The summed E-state index contributed by atoms with van der Waals surface area (Å²) in [6, 6.07) is 0. The third-order valence-corrected chi connectivity index (χ3v) is 3.93. The van der Waals surface area contributed by atoms with Crippen molar-refractivity contribution in [2.75, 3.05) is 18.0 Å². The monoisotopic (exact) mass is 271 g/mol. The topological polar surface area (TPSA) is 46.8 Å². The average molecular weight is 271 g/mol. The molecule has 0 spiro atoms. The summed E-state index contributed by atoms with van der Waals surface area (Å²) in [5.41, 5.74) is 1.20. The maximum Gasteiger partial charge on any atom is 0.225 e. The predicted octanol–water partition coefficient (Wildman–Crippen LogP) is 2.15. The van der Waals surface area contributed by atoms with Gasteiger partial charge in [0.2, 0.25) is 5.95 Å². The SMILES string of the molecule is CCc1cnc(N2CCCC(Cn3ccnc3)C2)nc1. The Bertz CT molecular complexity index is 520. The zero-order valence-corrected chi connectivity index (χ0v) is 11.9. The highest BCUT2D eigenvalue weighted by atomic mass is 15.3. The van der Waals surface area contributed by atoms with Crippen LogP contribution in [0.3, 0.4) is 0 Å². The van der Waals surface area contributed by atoms with Crippen LogP contribution in [0.15, 0.2) is 31.1 Å². The number of piperidine rings is 1. The number of aryl methyl sites for hydroxylation is 1. The minimum Gasteiger partial charge on any atom is -0.340 e. The Balaban J connectivity index is 1.64. The first kappa shape index (κ1) is 13.1. The standard InChI is InChI=1S/C15H21N5/c1-2-13-8-17-15(18-9-13)20-6-3-4-14(11-20)10-19-7-5-16-12-19/h5,7-9,12,14H,2-4,6,10-11H2,1H3. The number of hydrogen-bond acceptors (Lipinski definition) is 4. The number of anilines is 1. The fourth-order valence-corrected chi connectivity index (χ4v) is 2.78. The molecule has 1 saturated heterocycles. The highest BCUT2D eigenvalue weighted by Crippen LogP contribution is 2.21. The minimum absolute atomic E-state index is 0.646. The van der Waals surface area contributed by atoms with E-state index in [2.05, 4.69) is 31.3 Å². The van der Waals surface area contributed by atoms with Gasteiger partial charge in [-0.3, -0.25) is 0 Å². The third kappa shape index (κ3) is 2.98. The van der Waals surface area contributed by atoms with Crippen molar-refractivity contribution in [2.24, 2.45) is 5.92 Å². The average Bonchev–Trinajstić information content (AvgIpc) is 3.01. The van der Waals surface area contributed by atoms with E-state index in [4.69, 9.17) is 0 Å². The van der Waals surface area contributed by atoms with Crippen LogP contribution in [0.25, 0.3) is 0 Å². The molecule has 0 bridgehead atoms. The van der Waals surface area contributed by atoms with E-state index in [1.807, 2.05) is 31.1 Å². The Morgan fingerprint density at radius 1 is 1.30 bits per heavy atom. The van der Waals surface area contributed by atoms with Crippen LogP contribution in [0.4, 0.5) is 5.95 Å². The first-order valence-corrected chi connectivity index (χ1v) is 7.36. The number of aromatic nitrogens is 4. The molecule has 1 unspecified atom stereocenters. The second-order valence-corrected chi connectivity index (χ2v) is 5.46. The molecular formula is C15H21N5. The summed E-state index contributed by atoms with van der Waals surface area (Å²) in [6.07, 6.45) is 13.1. The summed E-state index contributed by atoms with van der Waals surface area (Å²) in [5.74, 6) is 1.52. The van der Waals surface area contributed by atoms with Crippen LogP contribution < -0.4 is 4.90 Å². The molecule has 106 valence electrons. The lowest BCUT2D eigenvalue weighted by atomic mass is 9.98. The van der Waals surface area contributed by atoms with Gasteiger partial charge < -0.3 is 9.47 Å². The van der Waals surface area contributed by atoms with E-state index in [0.29, 0.717) is 5.92 Å². The second-order valence-electron chi connectivity index (χ2n) is 5.46. The smallest absolute Gasteiger partial charge is 0.225 e. The minimum atomic E-state index is 0.646. The summed E-state index contributed by atoms with van der Waals surface area (Å²) in [5, 5.41) is 0. The van der Waals surface area contributed by atoms with Gasteiger partial charge in [-0.25, -0.2) is 15.0 Å². The maximum absolute atomic E-state index is 4.50. The van der Waals surface area contributed by atoms with Crippen molar-refractivity contribution >= 4 is 5.95 Å². The zero-order chi connectivity index (χ0) is 13.8. The van der Waals surface area contributed by atoms with Crippen molar-refractivity contribution in [3.05, 3.63) is 36.7 Å². The predicted molar refractivity (Wildman–Crippen MR) is 78.6 cm³/mol. The molecule has 5 heteroatoms. The molecule has 2 aromatic rings. The summed E-state index contributed by atoms with van der Waals surface area (Å²) < 4.78 is 2.16. The largest absolute Gasteiger partial charge is 0.340 e. The van der Waals surface area contributed by atoms with E-state index in [1.54, 1.807) is 0 Å². The lowest BCUT2D eigenvalue weighted by Crippen LogP contribution is -2.38. The second kappa shape index (κ2) is 6.03. The maximum atomic E-state index is 4.50. The molecule has 0 radical (unpaired) electrons. The summed E-state index contributed by atoms with van der Waals surface area (Å²) in [7, 11) is 0. The van der Waals surface area contributed by atoms with Crippen LogP contribution in [-0.2, 0) is 13.0 Å². The van der Waals surface area contributed by atoms with Crippen molar-refractivity contribution in [1.29, 1.82) is 0 Å². The quantitative estimate of drug-likeness (QED) is 0.855. The first-order chi connectivity index (χ1) is 9.85. The molecule has 3 rings (SSSR count). The first-order valence-electron chi connectivity index (χ1n) is 7.36. The number of rotatable bonds is 4. The van der Waals surface area contributed by atoms with Gasteiger partial charge in [-0.15, -0.1) is 0 Å². The number of imidazole rings is 1. The van der Waals surface area contributed by atoms with Gasteiger partial charge in [0.05, 0.1) is 6.33 Å². The molecule has 3 heterocycles. The van der Waals surface area contributed by atoms with Crippen LogP contribution in [-0.4, -0.2) is 32.6 Å². The Labute approximate surface area is 119 Å². The number of hydrogen-bond donors (Lipinski definition) is 0.